The highest BCUT2D eigenvalue weighted by atomic mass is 16.8. The average molecular weight is 667 g/mol. The van der Waals surface area contributed by atoms with Crippen LogP contribution in [0.25, 0.3) is 0 Å². The van der Waals surface area contributed by atoms with E-state index in [1.807, 2.05) is 0 Å². The van der Waals surface area contributed by atoms with E-state index >= 15 is 0 Å². The summed E-state index contributed by atoms with van der Waals surface area (Å²) in [7, 11) is 0. The van der Waals surface area contributed by atoms with Gasteiger partial charge in [0.05, 0.1) is 26.4 Å². The summed E-state index contributed by atoms with van der Waals surface area (Å²) in [6, 6.07) is 0. The van der Waals surface area contributed by atoms with E-state index in [1.54, 1.807) is 0 Å². The van der Waals surface area contributed by atoms with Gasteiger partial charge in [0.1, 0.15) is 97.7 Å². The quantitative estimate of drug-likeness (QED) is 0.103. The predicted octanol–water partition coefficient (Wildman–Crippen LogP) is -9.75. The van der Waals surface area contributed by atoms with Crippen molar-refractivity contribution in [1.29, 1.82) is 0 Å². The number of hydrogen-bond donors (Lipinski definition) is 14. The Kier molecular flexibility index (Phi) is 12.8. The molecule has 0 aromatic carbocycles. The summed E-state index contributed by atoms with van der Waals surface area (Å²) < 4.78 is 38.3. The van der Waals surface area contributed by atoms with Gasteiger partial charge >= 0.3 is 0 Å². The number of ether oxygens (including phenoxy) is 7. The van der Waals surface area contributed by atoms with Crippen molar-refractivity contribution in [2.24, 2.45) is 0 Å². The third-order valence-electron chi connectivity index (χ3n) is 8.19. The molecule has 4 rings (SSSR count). The third-order valence-corrected chi connectivity index (χ3v) is 8.19. The first-order valence-corrected chi connectivity index (χ1v) is 14.1. The maximum Gasteiger partial charge on any atom is 0.187 e. The molecule has 21 heteroatoms. The van der Waals surface area contributed by atoms with Crippen molar-refractivity contribution in [3.8, 4) is 0 Å². The summed E-state index contributed by atoms with van der Waals surface area (Å²) in [5, 5.41) is 142. The molecular weight excluding hydrogens is 624 g/mol. The third kappa shape index (κ3) is 7.59. The molecular formula is C24H42O21. The summed E-state index contributed by atoms with van der Waals surface area (Å²) in [6.07, 6.45) is -35.8. The molecule has 0 spiro atoms. The van der Waals surface area contributed by atoms with Gasteiger partial charge < -0.3 is 105 Å². The summed E-state index contributed by atoms with van der Waals surface area (Å²) in [5.41, 5.74) is 0. The Bertz CT molecular complexity index is 916. The highest BCUT2D eigenvalue weighted by molar-refractivity contribution is 4.96. The molecule has 0 bridgehead atoms. The smallest absolute Gasteiger partial charge is 0.187 e. The molecule has 4 fully saturated rings. The van der Waals surface area contributed by atoms with Crippen molar-refractivity contribution in [3.63, 3.8) is 0 Å². The van der Waals surface area contributed by atoms with Crippen LogP contribution in [0, 0.1) is 0 Å². The molecule has 4 saturated heterocycles. The summed E-state index contributed by atoms with van der Waals surface area (Å²) in [5.74, 6) is 0. The van der Waals surface area contributed by atoms with E-state index in [9.17, 15) is 71.5 Å². The lowest BCUT2D eigenvalue weighted by atomic mass is 9.96. The van der Waals surface area contributed by atoms with Crippen LogP contribution in [0.3, 0.4) is 0 Å². The number of hydrogen-bond acceptors (Lipinski definition) is 21. The molecule has 4 aliphatic heterocycles. The van der Waals surface area contributed by atoms with Gasteiger partial charge in [0.25, 0.3) is 0 Å². The van der Waals surface area contributed by atoms with Gasteiger partial charge in [-0.2, -0.15) is 0 Å². The summed E-state index contributed by atoms with van der Waals surface area (Å²) >= 11 is 0. The number of rotatable bonds is 10. The van der Waals surface area contributed by atoms with Crippen molar-refractivity contribution in [1.82, 2.24) is 0 Å². The van der Waals surface area contributed by atoms with Gasteiger partial charge in [-0.3, -0.25) is 0 Å². The molecule has 264 valence electrons. The minimum absolute atomic E-state index is 0.704. The van der Waals surface area contributed by atoms with Crippen molar-refractivity contribution in [2.75, 3.05) is 26.4 Å². The van der Waals surface area contributed by atoms with Crippen LogP contribution >= 0.6 is 0 Å². The molecule has 0 radical (unpaired) electrons. The normalized spacial score (nSPS) is 52.9. The van der Waals surface area contributed by atoms with Crippen molar-refractivity contribution in [2.45, 2.75) is 123 Å². The Labute approximate surface area is 254 Å². The van der Waals surface area contributed by atoms with Gasteiger partial charge in [0, 0.05) is 0 Å². The van der Waals surface area contributed by atoms with Crippen LogP contribution in [-0.4, -0.2) is 221 Å². The van der Waals surface area contributed by atoms with Gasteiger partial charge in [0.2, 0.25) is 0 Å². The largest absolute Gasteiger partial charge is 0.394 e. The van der Waals surface area contributed by atoms with Crippen molar-refractivity contribution >= 4 is 0 Å². The molecule has 4 aliphatic rings. The zero-order valence-corrected chi connectivity index (χ0v) is 23.5. The van der Waals surface area contributed by atoms with Gasteiger partial charge in [-0.1, -0.05) is 0 Å². The fraction of sp³-hybridized carbons (Fsp3) is 1.00. The maximum atomic E-state index is 10.9. The van der Waals surface area contributed by atoms with Crippen molar-refractivity contribution < 1.29 is 105 Å². The van der Waals surface area contributed by atoms with E-state index in [4.69, 9.17) is 33.2 Å². The Balaban J connectivity index is 1.56. The molecule has 14 N–H and O–H groups in total. The molecule has 0 saturated carbocycles. The van der Waals surface area contributed by atoms with E-state index in [0.29, 0.717) is 0 Å². The molecule has 0 aromatic heterocycles. The SMILES string of the molecule is OC[C@H]1O[C@H](O[C@H]2[C@@H](O[C@H]3[C@@H](OC[C@H]4OC(O)[C@H](O)[C@@H](O)[C@@H]4O)O[C@H](CO)[C@@H](O)[C@@H]3O)O[C@H](CO)[C@@H](O)[C@@H]2O)[C@H](O)[C@@H](O)[C@@H]1O. The molecule has 0 aliphatic carbocycles. The van der Waals surface area contributed by atoms with Crippen LogP contribution in [0.4, 0.5) is 0 Å². The molecule has 45 heavy (non-hydrogen) atoms. The number of aliphatic hydroxyl groups is 14. The van der Waals surface area contributed by atoms with Crippen LogP contribution in [0.2, 0.25) is 0 Å². The predicted molar refractivity (Wildman–Crippen MR) is 134 cm³/mol. The molecule has 0 amide bonds. The first-order valence-electron chi connectivity index (χ1n) is 14.1. The van der Waals surface area contributed by atoms with Crippen LogP contribution in [0.15, 0.2) is 0 Å². The molecule has 21 nitrogen and oxygen atoms in total. The van der Waals surface area contributed by atoms with Crippen LogP contribution in [0.5, 0.6) is 0 Å². The maximum absolute atomic E-state index is 10.9. The Hall–Kier alpha value is -0.840. The van der Waals surface area contributed by atoms with Gasteiger partial charge in [-0.15, -0.1) is 0 Å². The van der Waals surface area contributed by atoms with Crippen molar-refractivity contribution in [3.05, 3.63) is 0 Å². The fourth-order valence-corrected chi connectivity index (χ4v) is 5.39. The van der Waals surface area contributed by atoms with E-state index in [-0.39, 0.29) is 0 Å². The van der Waals surface area contributed by atoms with Gasteiger partial charge in [-0.25, -0.2) is 0 Å². The standard InChI is InChI=1S/C24H42O21/c25-1-5-9(28)14(33)18(37)22(41-5)44-20-16(35)11(30)7(3-27)43-24(20)45-19-15(34)10(29)6(2-26)42-23(19)39-4-8-12(31)13(32)17(36)21(38)40-8/h5-38H,1-4H2/t5-,6-,7-,8-,9-,10-,11-,12-,13+,14+,15+,16+,17-,18-,19-,20-,21?,22-,23+,24-/m1/s1. The van der Waals surface area contributed by atoms with Gasteiger partial charge in [-0.05, 0) is 0 Å². The van der Waals surface area contributed by atoms with Gasteiger partial charge in [0.15, 0.2) is 25.2 Å². The molecule has 0 aromatic rings. The first kappa shape index (κ1) is 37.0. The van der Waals surface area contributed by atoms with E-state index in [0.717, 1.165) is 0 Å². The summed E-state index contributed by atoms with van der Waals surface area (Å²) in [4.78, 5) is 0. The summed E-state index contributed by atoms with van der Waals surface area (Å²) in [6.45, 7) is -3.25. The molecule has 4 heterocycles. The lowest BCUT2D eigenvalue weighted by Gasteiger charge is -2.48. The monoisotopic (exact) mass is 666 g/mol. The second kappa shape index (κ2) is 15.6. The topological polar surface area (TPSA) is 348 Å². The minimum atomic E-state index is -1.98. The second-order valence-corrected chi connectivity index (χ2v) is 11.2. The van der Waals surface area contributed by atoms with Crippen LogP contribution in [-0.2, 0) is 33.2 Å². The van der Waals surface area contributed by atoms with E-state index in [1.165, 1.54) is 0 Å². The zero-order chi connectivity index (χ0) is 33.3. The Morgan fingerprint density at radius 3 is 1.31 bits per heavy atom. The Morgan fingerprint density at radius 1 is 0.378 bits per heavy atom. The molecule has 20 atom stereocenters. The fourth-order valence-electron chi connectivity index (χ4n) is 5.39. The van der Waals surface area contributed by atoms with Crippen LogP contribution < -0.4 is 0 Å². The second-order valence-electron chi connectivity index (χ2n) is 11.2. The van der Waals surface area contributed by atoms with E-state index in [2.05, 4.69) is 0 Å². The lowest BCUT2D eigenvalue weighted by molar-refractivity contribution is -0.395. The zero-order valence-electron chi connectivity index (χ0n) is 23.5. The minimum Gasteiger partial charge on any atom is -0.394 e. The highest BCUT2D eigenvalue weighted by Crippen LogP contribution is 2.33. The van der Waals surface area contributed by atoms with E-state index < -0.39 is 149 Å². The lowest BCUT2D eigenvalue weighted by Crippen LogP contribution is -2.67. The highest BCUT2D eigenvalue weighted by Gasteiger charge is 2.54. The first-order chi connectivity index (χ1) is 21.2. The molecule has 1 unspecified atom stereocenters. The Morgan fingerprint density at radius 2 is 0.778 bits per heavy atom. The number of aliphatic hydroxyl groups excluding tert-OH is 14. The average Bonchev–Trinajstić information content (AvgIpc) is 3.03. The van der Waals surface area contributed by atoms with Crippen LogP contribution in [0.1, 0.15) is 0 Å².